The molecule has 4 heteroatoms. The van der Waals surface area contributed by atoms with E-state index in [9.17, 15) is 4.39 Å². The van der Waals surface area contributed by atoms with Crippen molar-refractivity contribution in [3.05, 3.63) is 24.0 Å². The lowest BCUT2D eigenvalue weighted by molar-refractivity contribution is 0.296. The second kappa shape index (κ2) is 7.64. The molecule has 1 aliphatic heterocycles. The molecule has 0 saturated carbocycles. The third-order valence-electron chi connectivity index (χ3n) is 3.91. The van der Waals surface area contributed by atoms with Crippen LogP contribution in [0.15, 0.2) is 18.2 Å². The summed E-state index contributed by atoms with van der Waals surface area (Å²) in [6, 6.07) is 5.30. The zero-order valence-corrected chi connectivity index (χ0v) is 13.1. The van der Waals surface area contributed by atoms with Crippen molar-refractivity contribution < 1.29 is 9.13 Å². The van der Waals surface area contributed by atoms with Gasteiger partial charge in [0.15, 0.2) is 0 Å². The van der Waals surface area contributed by atoms with E-state index in [1.54, 1.807) is 0 Å². The van der Waals surface area contributed by atoms with E-state index in [2.05, 4.69) is 13.8 Å². The van der Waals surface area contributed by atoms with Crippen LogP contribution in [-0.4, -0.2) is 25.7 Å². The molecule has 1 atom stereocenters. The average molecular weight is 294 g/mol. The minimum atomic E-state index is -0.217. The molecular formula is C17H27FN2O. The molecule has 0 aliphatic carbocycles. The number of rotatable bonds is 6. The maximum atomic E-state index is 14.2. The van der Waals surface area contributed by atoms with Gasteiger partial charge in [0, 0.05) is 25.2 Å². The number of nitrogens with two attached hydrogens (primary N) is 1. The van der Waals surface area contributed by atoms with Gasteiger partial charge < -0.3 is 15.4 Å². The summed E-state index contributed by atoms with van der Waals surface area (Å²) in [5.41, 5.74) is 6.60. The Morgan fingerprint density at radius 1 is 1.43 bits per heavy atom. The Bertz CT molecular complexity index is 450. The Balaban J connectivity index is 1.91. The average Bonchev–Trinajstić information content (AvgIpc) is 2.43. The van der Waals surface area contributed by atoms with Crippen molar-refractivity contribution in [3.8, 4) is 5.75 Å². The number of hydrogen-bond donors (Lipinski definition) is 1. The van der Waals surface area contributed by atoms with Gasteiger partial charge in [-0.05, 0) is 43.7 Å². The lowest BCUT2D eigenvalue weighted by Gasteiger charge is -2.32. The number of hydrogen-bond acceptors (Lipinski definition) is 3. The monoisotopic (exact) mass is 294 g/mol. The molecule has 1 unspecified atom stereocenters. The van der Waals surface area contributed by atoms with E-state index in [4.69, 9.17) is 10.5 Å². The molecule has 0 radical (unpaired) electrons. The van der Waals surface area contributed by atoms with E-state index in [0.717, 1.165) is 38.8 Å². The summed E-state index contributed by atoms with van der Waals surface area (Å²) in [6.07, 6.45) is 4.18. The topological polar surface area (TPSA) is 38.5 Å². The van der Waals surface area contributed by atoms with Crippen molar-refractivity contribution in [1.82, 2.24) is 0 Å². The maximum absolute atomic E-state index is 14.2. The fourth-order valence-corrected chi connectivity index (χ4v) is 2.74. The fraction of sp³-hybridized carbons (Fsp3) is 0.647. The summed E-state index contributed by atoms with van der Waals surface area (Å²) in [7, 11) is 0. The van der Waals surface area contributed by atoms with Gasteiger partial charge in [-0.25, -0.2) is 4.39 Å². The van der Waals surface area contributed by atoms with Crippen molar-refractivity contribution in [3.63, 3.8) is 0 Å². The summed E-state index contributed by atoms with van der Waals surface area (Å²) in [5, 5.41) is 0. The van der Waals surface area contributed by atoms with Crippen LogP contribution in [-0.2, 0) is 0 Å². The minimum absolute atomic E-state index is 0.144. The van der Waals surface area contributed by atoms with E-state index >= 15 is 0 Å². The van der Waals surface area contributed by atoms with Crippen molar-refractivity contribution in [2.45, 2.75) is 45.6 Å². The first-order chi connectivity index (χ1) is 10.1. The molecule has 1 saturated heterocycles. The normalized spacial score (nSPS) is 19.1. The van der Waals surface area contributed by atoms with Crippen LogP contribution in [0.4, 0.5) is 10.1 Å². The fourth-order valence-electron chi connectivity index (χ4n) is 2.74. The highest BCUT2D eigenvalue weighted by atomic mass is 19.1. The molecule has 1 aliphatic rings. The summed E-state index contributed by atoms with van der Waals surface area (Å²) in [4.78, 5) is 2.03. The van der Waals surface area contributed by atoms with Crippen LogP contribution in [0, 0.1) is 11.7 Å². The predicted molar refractivity (Wildman–Crippen MR) is 85.4 cm³/mol. The van der Waals surface area contributed by atoms with Gasteiger partial charge in [-0.1, -0.05) is 13.8 Å². The Morgan fingerprint density at radius 2 is 2.24 bits per heavy atom. The molecule has 0 spiro atoms. The van der Waals surface area contributed by atoms with Crippen molar-refractivity contribution in [2.24, 2.45) is 11.7 Å². The van der Waals surface area contributed by atoms with Gasteiger partial charge in [0.05, 0.1) is 12.3 Å². The molecule has 1 aromatic rings. The highest BCUT2D eigenvalue weighted by Crippen LogP contribution is 2.26. The first-order valence-electron chi connectivity index (χ1n) is 7.99. The molecule has 3 nitrogen and oxygen atoms in total. The lowest BCUT2D eigenvalue weighted by atomic mass is 10.1. The molecule has 21 heavy (non-hydrogen) atoms. The summed E-state index contributed by atoms with van der Waals surface area (Å²) < 4.78 is 19.9. The van der Waals surface area contributed by atoms with Gasteiger partial charge in [0.25, 0.3) is 0 Å². The molecule has 2 rings (SSSR count). The first-order valence-corrected chi connectivity index (χ1v) is 7.99. The number of nitrogens with zero attached hydrogens (tertiary/aromatic N) is 1. The Morgan fingerprint density at radius 3 is 2.90 bits per heavy atom. The molecule has 0 amide bonds. The number of anilines is 1. The zero-order valence-electron chi connectivity index (χ0n) is 13.1. The highest BCUT2D eigenvalue weighted by Gasteiger charge is 2.19. The van der Waals surface area contributed by atoms with Gasteiger partial charge in [0.1, 0.15) is 11.6 Å². The number of halogens is 1. The van der Waals surface area contributed by atoms with Gasteiger partial charge in [-0.2, -0.15) is 0 Å². The van der Waals surface area contributed by atoms with Gasteiger partial charge in [0.2, 0.25) is 0 Å². The molecule has 118 valence electrons. The Labute approximate surface area is 127 Å². The van der Waals surface area contributed by atoms with E-state index in [0.29, 0.717) is 24.0 Å². The molecule has 1 heterocycles. The van der Waals surface area contributed by atoms with Gasteiger partial charge in [-0.15, -0.1) is 0 Å². The predicted octanol–water partition coefficient (Wildman–Crippen LogP) is 3.57. The highest BCUT2D eigenvalue weighted by molar-refractivity contribution is 5.51. The van der Waals surface area contributed by atoms with Crippen molar-refractivity contribution >= 4 is 5.69 Å². The maximum Gasteiger partial charge on any atom is 0.150 e. The minimum Gasteiger partial charge on any atom is -0.493 e. The lowest BCUT2D eigenvalue weighted by Crippen LogP contribution is -2.43. The Hall–Kier alpha value is -1.29. The van der Waals surface area contributed by atoms with Gasteiger partial charge >= 0.3 is 0 Å². The largest absolute Gasteiger partial charge is 0.493 e. The Kier molecular flexibility index (Phi) is 5.85. The van der Waals surface area contributed by atoms with Crippen LogP contribution in [0.25, 0.3) is 0 Å². The van der Waals surface area contributed by atoms with E-state index in [-0.39, 0.29) is 11.9 Å². The third-order valence-corrected chi connectivity index (χ3v) is 3.91. The first kappa shape index (κ1) is 16.1. The molecule has 1 aromatic carbocycles. The third kappa shape index (κ3) is 4.88. The van der Waals surface area contributed by atoms with Crippen LogP contribution in [0.5, 0.6) is 5.75 Å². The van der Waals surface area contributed by atoms with Crippen LogP contribution >= 0.6 is 0 Å². The van der Waals surface area contributed by atoms with E-state index < -0.39 is 0 Å². The smallest absolute Gasteiger partial charge is 0.150 e. The van der Waals surface area contributed by atoms with Crippen LogP contribution in [0.3, 0.4) is 0 Å². The second-order valence-corrected chi connectivity index (χ2v) is 6.35. The SMILES string of the molecule is CC(C)CCCOc1ccc(N2CCCC(N)C2)c(F)c1. The summed E-state index contributed by atoms with van der Waals surface area (Å²) in [6.45, 7) is 6.63. The van der Waals surface area contributed by atoms with Crippen molar-refractivity contribution in [2.75, 3.05) is 24.6 Å². The molecular weight excluding hydrogens is 267 g/mol. The summed E-state index contributed by atoms with van der Waals surface area (Å²) >= 11 is 0. The molecule has 2 N–H and O–H groups in total. The van der Waals surface area contributed by atoms with Gasteiger partial charge in [-0.3, -0.25) is 0 Å². The molecule has 1 fully saturated rings. The van der Waals surface area contributed by atoms with E-state index in [1.807, 2.05) is 17.0 Å². The number of piperidine rings is 1. The number of benzene rings is 1. The quantitative estimate of drug-likeness (QED) is 0.815. The zero-order chi connectivity index (χ0) is 15.2. The van der Waals surface area contributed by atoms with E-state index in [1.165, 1.54) is 6.07 Å². The summed E-state index contributed by atoms with van der Waals surface area (Å²) in [5.74, 6) is 1.07. The molecule has 0 aromatic heterocycles. The van der Waals surface area contributed by atoms with Crippen molar-refractivity contribution in [1.29, 1.82) is 0 Å². The second-order valence-electron chi connectivity index (χ2n) is 6.35. The van der Waals surface area contributed by atoms with Crippen LogP contribution in [0.2, 0.25) is 0 Å². The molecule has 0 bridgehead atoms. The van der Waals surface area contributed by atoms with Crippen LogP contribution in [0.1, 0.15) is 39.5 Å². The van der Waals surface area contributed by atoms with Crippen LogP contribution < -0.4 is 15.4 Å². The standard InChI is InChI=1S/C17H27FN2O/c1-13(2)5-4-10-21-15-7-8-17(16(18)11-15)20-9-3-6-14(19)12-20/h7-8,11,13-14H,3-6,9-10,12,19H2,1-2H3. The number of ether oxygens (including phenoxy) is 1.